The highest BCUT2D eigenvalue weighted by molar-refractivity contribution is 6.10. The fraction of sp³-hybridized carbons (Fsp3) is 0.0778. The van der Waals surface area contributed by atoms with Crippen LogP contribution in [0.4, 0.5) is 22.7 Å². The number of fused-ring (bicyclic) bond motifs is 10. The number of hydrogen-bond donors (Lipinski definition) is 0. The van der Waals surface area contributed by atoms with E-state index >= 15 is 0 Å². The monoisotopic (exact) mass is 1220 g/mol. The molecule has 0 bridgehead atoms. The molecule has 18 rings (SSSR count). The van der Waals surface area contributed by atoms with Gasteiger partial charge in [-0.1, -0.05) is 269 Å². The normalized spacial score (nSPS) is 13.9. The van der Waals surface area contributed by atoms with Crippen molar-refractivity contribution in [3.63, 3.8) is 0 Å². The predicted molar refractivity (Wildman–Crippen MR) is 391 cm³/mol. The standard InChI is InChI=1S/C90H66N4O/c1-88(2,3)66-52-53-91-86(56-66)94-82-43-21-18-38-74(82)75-49-48-69(58-85(75)94)95-68-35-24-34-67(57-68)92-59-93(84-45-23-22-44-83(84)92)87-70(60-46-50-80-76(54-60)72-36-16-19-41-78(72)89(80,62-26-8-4-9-27-62)63-28-10-5-11-29-63)39-25-40-71(87)61-47-51-81-77(55-61)73-37-17-20-42-79(73)90(81,64-30-12-6-13-31-64)65-32-14-7-15-33-65/h4-58H,59H2,1-3H3. The summed E-state index contributed by atoms with van der Waals surface area (Å²) < 4.78 is 9.27. The van der Waals surface area contributed by atoms with Crippen molar-refractivity contribution in [3.8, 4) is 61.8 Å². The predicted octanol–water partition coefficient (Wildman–Crippen LogP) is 22.6. The van der Waals surface area contributed by atoms with Crippen molar-refractivity contribution in [1.82, 2.24) is 9.55 Å². The van der Waals surface area contributed by atoms with E-state index in [1.807, 2.05) is 6.20 Å². The molecule has 1 aliphatic heterocycles. The van der Waals surface area contributed by atoms with E-state index in [-0.39, 0.29) is 5.41 Å². The lowest BCUT2D eigenvalue weighted by atomic mass is 9.67. The summed E-state index contributed by atoms with van der Waals surface area (Å²) in [4.78, 5) is 9.96. The molecule has 0 N–H and O–H groups in total. The van der Waals surface area contributed by atoms with Crippen LogP contribution in [0.5, 0.6) is 11.5 Å². The molecular formula is C90H66N4O. The first-order chi connectivity index (χ1) is 46.7. The third-order valence-corrected chi connectivity index (χ3v) is 20.4. The molecule has 5 heteroatoms. The van der Waals surface area contributed by atoms with Gasteiger partial charge in [0.1, 0.15) is 24.0 Å². The van der Waals surface area contributed by atoms with Crippen LogP contribution in [0.15, 0.2) is 334 Å². The van der Waals surface area contributed by atoms with Crippen LogP contribution in [0.25, 0.3) is 72.1 Å². The SMILES string of the molecule is CC(C)(C)c1ccnc(-n2c3ccccc3c3ccc(Oc4cccc(N5CN(c6c(-c7ccc8c(c7)-c7ccccc7C8(c7ccccc7)c7ccccc7)cccc6-c6ccc7c(c6)-c6ccccc6C7(c6ccccc6)c6ccccc6)c6ccccc65)c4)cc32)c1. The van der Waals surface area contributed by atoms with Crippen LogP contribution in [-0.4, -0.2) is 16.2 Å². The number of pyridine rings is 1. The molecule has 0 saturated carbocycles. The fourth-order valence-electron chi connectivity index (χ4n) is 16.3. The van der Waals surface area contributed by atoms with E-state index in [2.05, 4.69) is 363 Å². The Balaban J connectivity index is 0.797. The van der Waals surface area contributed by atoms with Crippen molar-refractivity contribution in [3.05, 3.63) is 384 Å². The lowest BCUT2D eigenvalue weighted by Crippen LogP contribution is -2.28. The Kier molecular flexibility index (Phi) is 12.9. The minimum Gasteiger partial charge on any atom is -0.457 e. The van der Waals surface area contributed by atoms with E-state index in [0.717, 1.165) is 78.7 Å². The second-order valence-corrected chi connectivity index (χ2v) is 26.5. The number of aromatic nitrogens is 2. The molecular weight excluding hydrogens is 1150 g/mol. The Morgan fingerprint density at radius 2 is 0.811 bits per heavy atom. The highest BCUT2D eigenvalue weighted by Gasteiger charge is 2.48. The summed E-state index contributed by atoms with van der Waals surface area (Å²) in [6.07, 6.45) is 1.93. The van der Waals surface area contributed by atoms with Crippen LogP contribution in [0, 0.1) is 0 Å². The number of para-hydroxylation sites is 4. The van der Waals surface area contributed by atoms with E-state index in [1.54, 1.807) is 0 Å². The molecule has 2 aromatic heterocycles. The van der Waals surface area contributed by atoms with Gasteiger partial charge in [0.25, 0.3) is 0 Å². The first kappa shape index (κ1) is 56.0. The van der Waals surface area contributed by atoms with E-state index in [9.17, 15) is 0 Å². The fourth-order valence-corrected chi connectivity index (χ4v) is 16.3. The lowest BCUT2D eigenvalue weighted by Gasteiger charge is -2.34. The van der Waals surface area contributed by atoms with Gasteiger partial charge in [-0.05, 0) is 156 Å². The van der Waals surface area contributed by atoms with Gasteiger partial charge in [-0.3, -0.25) is 4.57 Å². The van der Waals surface area contributed by atoms with Gasteiger partial charge in [-0.2, -0.15) is 0 Å². The van der Waals surface area contributed by atoms with Gasteiger partial charge in [-0.25, -0.2) is 4.98 Å². The molecule has 0 unspecified atom stereocenters. The molecule has 0 saturated heterocycles. The van der Waals surface area contributed by atoms with Gasteiger partial charge in [0, 0.05) is 45.9 Å². The molecule has 0 amide bonds. The second kappa shape index (κ2) is 21.9. The van der Waals surface area contributed by atoms with E-state index in [0.29, 0.717) is 6.67 Å². The smallest absolute Gasteiger partial charge is 0.137 e. The summed E-state index contributed by atoms with van der Waals surface area (Å²) in [5.41, 5.74) is 26.3. The summed E-state index contributed by atoms with van der Waals surface area (Å²) in [6.45, 7) is 7.29. The van der Waals surface area contributed by atoms with Gasteiger partial charge >= 0.3 is 0 Å². The lowest BCUT2D eigenvalue weighted by molar-refractivity contribution is 0.483. The Hall–Kier alpha value is -11.8. The quantitative estimate of drug-likeness (QED) is 0.129. The molecule has 452 valence electrons. The minimum absolute atomic E-state index is 0.0413. The van der Waals surface area contributed by atoms with Crippen LogP contribution in [-0.2, 0) is 16.2 Å². The Morgan fingerprint density at radius 3 is 1.38 bits per heavy atom. The average molecular weight is 1220 g/mol. The molecule has 0 spiro atoms. The Bertz CT molecular complexity index is 5210. The van der Waals surface area contributed by atoms with Gasteiger partial charge in [0.2, 0.25) is 0 Å². The van der Waals surface area contributed by atoms with Gasteiger partial charge < -0.3 is 14.5 Å². The number of hydrogen-bond acceptors (Lipinski definition) is 4. The topological polar surface area (TPSA) is 33.5 Å². The van der Waals surface area contributed by atoms with Crippen molar-refractivity contribution in [1.29, 1.82) is 0 Å². The largest absolute Gasteiger partial charge is 0.457 e. The molecule has 13 aromatic carbocycles. The number of nitrogens with zero attached hydrogens (tertiary/aromatic N) is 4. The molecule has 15 aromatic rings. The van der Waals surface area contributed by atoms with E-state index < -0.39 is 10.8 Å². The summed E-state index contributed by atoms with van der Waals surface area (Å²) in [5.74, 6) is 2.38. The number of ether oxygens (including phenoxy) is 1. The van der Waals surface area contributed by atoms with Crippen molar-refractivity contribution in [2.75, 3.05) is 16.5 Å². The van der Waals surface area contributed by atoms with Crippen LogP contribution in [0.1, 0.15) is 70.8 Å². The number of anilines is 4. The third-order valence-electron chi connectivity index (χ3n) is 20.4. The zero-order valence-electron chi connectivity index (χ0n) is 53.2. The van der Waals surface area contributed by atoms with Crippen molar-refractivity contribution in [2.45, 2.75) is 37.0 Å². The zero-order valence-corrected chi connectivity index (χ0v) is 53.2. The third kappa shape index (κ3) is 8.65. The van der Waals surface area contributed by atoms with Crippen LogP contribution in [0.3, 0.4) is 0 Å². The molecule has 5 nitrogen and oxygen atoms in total. The highest BCUT2D eigenvalue weighted by Crippen LogP contribution is 2.60. The van der Waals surface area contributed by atoms with Crippen molar-refractivity contribution in [2.24, 2.45) is 0 Å². The number of rotatable bonds is 11. The van der Waals surface area contributed by atoms with Crippen LogP contribution < -0.4 is 14.5 Å². The maximum Gasteiger partial charge on any atom is 0.137 e. The van der Waals surface area contributed by atoms with E-state index in [1.165, 1.54) is 77.7 Å². The maximum absolute atomic E-state index is 7.00. The molecule has 3 heterocycles. The van der Waals surface area contributed by atoms with Crippen molar-refractivity contribution >= 4 is 44.6 Å². The maximum atomic E-state index is 7.00. The van der Waals surface area contributed by atoms with Gasteiger partial charge in [0.15, 0.2) is 0 Å². The Labute approximate surface area is 554 Å². The van der Waals surface area contributed by atoms with E-state index in [4.69, 9.17) is 9.72 Å². The summed E-state index contributed by atoms with van der Waals surface area (Å²) in [6, 6.07) is 121. The molecule has 3 aliphatic rings. The molecule has 0 fully saturated rings. The molecule has 2 aliphatic carbocycles. The summed E-state index contributed by atoms with van der Waals surface area (Å²) in [5, 5.41) is 2.32. The highest BCUT2D eigenvalue weighted by atomic mass is 16.5. The van der Waals surface area contributed by atoms with Crippen molar-refractivity contribution < 1.29 is 4.74 Å². The first-order valence-electron chi connectivity index (χ1n) is 33.0. The molecule has 95 heavy (non-hydrogen) atoms. The molecule has 0 radical (unpaired) electrons. The minimum atomic E-state index is -0.525. The average Bonchev–Trinajstić information content (AvgIpc) is 1.53. The summed E-state index contributed by atoms with van der Waals surface area (Å²) >= 11 is 0. The zero-order chi connectivity index (χ0) is 63.4. The van der Waals surface area contributed by atoms with Crippen LogP contribution in [0.2, 0.25) is 0 Å². The van der Waals surface area contributed by atoms with Gasteiger partial charge in [-0.15, -0.1) is 0 Å². The second-order valence-electron chi connectivity index (χ2n) is 26.5. The number of benzene rings is 13. The molecule has 0 atom stereocenters. The Morgan fingerprint density at radius 1 is 0.347 bits per heavy atom. The van der Waals surface area contributed by atoms with Gasteiger partial charge in [0.05, 0.1) is 38.9 Å². The summed E-state index contributed by atoms with van der Waals surface area (Å²) in [7, 11) is 0. The van der Waals surface area contributed by atoms with Crippen LogP contribution >= 0.6 is 0 Å². The first-order valence-corrected chi connectivity index (χ1v) is 33.0.